The van der Waals surface area contributed by atoms with E-state index in [1.807, 2.05) is 21.1 Å². The molecule has 10 heteroatoms. The normalized spacial score (nSPS) is 13.6. The van der Waals surface area contributed by atoms with E-state index in [0.29, 0.717) is 17.4 Å². The number of hydrogen-bond donors (Lipinski definition) is 0. The fraction of sp³-hybridized carbons (Fsp3) is 0.800. The molecule has 0 aromatic rings. The van der Waals surface area contributed by atoms with E-state index in [-0.39, 0.29) is 32.0 Å². The molecule has 0 saturated carbocycles. The van der Waals surface area contributed by atoms with Crippen LogP contribution in [0.25, 0.3) is 0 Å². The Labute approximate surface area is 495 Å². The first-order valence-corrected chi connectivity index (χ1v) is 35.1. The van der Waals surface area contributed by atoms with Crippen LogP contribution >= 0.6 is 7.82 Å². The van der Waals surface area contributed by atoms with E-state index in [0.717, 1.165) is 64.2 Å². The molecule has 0 aliphatic carbocycles. The zero-order valence-corrected chi connectivity index (χ0v) is 53.9. The molecular formula is C70H128NO8P. The highest BCUT2D eigenvalue weighted by Crippen LogP contribution is 2.38. The minimum atomic E-state index is -4.64. The van der Waals surface area contributed by atoms with Crippen molar-refractivity contribution < 1.29 is 42.1 Å². The third kappa shape index (κ3) is 64.6. The Morgan fingerprint density at radius 3 is 1.00 bits per heavy atom. The predicted molar refractivity (Wildman–Crippen MR) is 342 cm³/mol. The highest BCUT2D eigenvalue weighted by molar-refractivity contribution is 7.45. The molecule has 0 saturated heterocycles. The van der Waals surface area contributed by atoms with Gasteiger partial charge in [0.25, 0.3) is 7.82 Å². The molecule has 0 rings (SSSR count). The number of phosphoric acid groups is 1. The van der Waals surface area contributed by atoms with E-state index in [4.69, 9.17) is 18.5 Å². The first-order valence-electron chi connectivity index (χ1n) is 33.6. The van der Waals surface area contributed by atoms with E-state index >= 15 is 0 Å². The van der Waals surface area contributed by atoms with Crippen molar-refractivity contribution in [1.82, 2.24) is 0 Å². The average molecular weight is 1140 g/mol. The van der Waals surface area contributed by atoms with Gasteiger partial charge >= 0.3 is 11.9 Å². The molecule has 0 heterocycles. The van der Waals surface area contributed by atoms with Crippen LogP contribution in [0.1, 0.15) is 309 Å². The van der Waals surface area contributed by atoms with Crippen molar-refractivity contribution in [2.45, 2.75) is 315 Å². The predicted octanol–water partition coefficient (Wildman–Crippen LogP) is 21.0. The van der Waals surface area contributed by atoms with Crippen LogP contribution in [-0.4, -0.2) is 70.0 Å². The molecule has 0 spiro atoms. The number of quaternary nitrogens is 1. The summed E-state index contributed by atoms with van der Waals surface area (Å²) >= 11 is 0. The molecule has 0 aromatic carbocycles. The zero-order chi connectivity index (χ0) is 58.4. The monoisotopic (exact) mass is 1140 g/mol. The molecule has 9 nitrogen and oxygen atoms in total. The molecule has 0 aromatic heterocycles. The summed E-state index contributed by atoms with van der Waals surface area (Å²) in [7, 11) is 1.17. The Morgan fingerprint density at radius 1 is 0.388 bits per heavy atom. The van der Waals surface area contributed by atoms with Gasteiger partial charge in [0.05, 0.1) is 27.7 Å². The average Bonchev–Trinajstić information content (AvgIpc) is 3.42. The number of likely N-dealkylation sites (N-methyl/N-ethyl adjacent to an activating group) is 1. The van der Waals surface area contributed by atoms with Crippen LogP contribution in [-0.2, 0) is 32.7 Å². The van der Waals surface area contributed by atoms with Gasteiger partial charge in [0.1, 0.15) is 19.8 Å². The maximum atomic E-state index is 12.9. The number of carbonyl (C=O) groups is 2. The SMILES string of the molecule is CCCCCCC/C=C\C/C=C\C/C=C\CCCCCCCCCCCCCCCCCCC(=O)OC(COC(=O)CCCCCCCCCCCC/C=C\C/C=C\C/C=C\CCCCCCC)COP(=O)([O-])OCC[N+](C)(C)C. The second-order valence-corrected chi connectivity index (χ2v) is 25.2. The Balaban J connectivity index is 4.07. The first kappa shape index (κ1) is 77.5. The van der Waals surface area contributed by atoms with E-state index in [2.05, 4.69) is 86.8 Å². The number of unbranched alkanes of at least 4 members (excludes halogenated alkanes) is 36. The second kappa shape index (κ2) is 61.0. The summed E-state index contributed by atoms with van der Waals surface area (Å²) in [5, 5.41) is 0. The van der Waals surface area contributed by atoms with Crippen molar-refractivity contribution in [2.24, 2.45) is 0 Å². The van der Waals surface area contributed by atoms with Gasteiger partial charge in [-0.25, -0.2) is 0 Å². The summed E-state index contributed by atoms with van der Waals surface area (Å²) in [5.41, 5.74) is 0. The van der Waals surface area contributed by atoms with Gasteiger partial charge in [-0.1, -0.05) is 279 Å². The summed E-state index contributed by atoms with van der Waals surface area (Å²) in [5.74, 6) is -0.829. The van der Waals surface area contributed by atoms with Crippen LogP contribution in [0.2, 0.25) is 0 Å². The van der Waals surface area contributed by atoms with Crippen LogP contribution in [0.4, 0.5) is 0 Å². The molecule has 0 amide bonds. The molecule has 2 atom stereocenters. The number of rotatable bonds is 62. The molecule has 466 valence electrons. The van der Waals surface area contributed by atoms with Crippen LogP contribution in [0, 0.1) is 0 Å². The highest BCUT2D eigenvalue weighted by Gasteiger charge is 2.22. The summed E-state index contributed by atoms with van der Waals surface area (Å²) in [4.78, 5) is 38.0. The van der Waals surface area contributed by atoms with Crippen molar-refractivity contribution in [3.8, 4) is 0 Å². The molecule has 0 radical (unpaired) electrons. The van der Waals surface area contributed by atoms with Crippen LogP contribution in [0.15, 0.2) is 72.9 Å². The Morgan fingerprint density at radius 2 is 0.675 bits per heavy atom. The Hall–Kier alpha value is -2.55. The number of hydrogen-bond acceptors (Lipinski definition) is 8. The summed E-state index contributed by atoms with van der Waals surface area (Å²) in [6.45, 7) is 4.25. The van der Waals surface area contributed by atoms with Crippen molar-refractivity contribution in [3.63, 3.8) is 0 Å². The third-order valence-electron chi connectivity index (χ3n) is 14.7. The van der Waals surface area contributed by atoms with E-state index in [1.165, 1.54) is 212 Å². The lowest BCUT2D eigenvalue weighted by atomic mass is 10.0. The quantitative estimate of drug-likeness (QED) is 0.0195. The van der Waals surface area contributed by atoms with E-state index in [1.54, 1.807) is 0 Å². The number of nitrogens with zero attached hydrogens (tertiary/aromatic N) is 1. The number of phosphoric ester groups is 1. The minimum absolute atomic E-state index is 0.0328. The number of esters is 2. The van der Waals surface area contributed by atoms with Crippen molar-refractivity contribution in [1.29, 1.82) is 0 Å². The van der Waals surface area contributed by atoms with Gasteiger partial charge in [-0.2, -0.15) is 0 Å². The van der Waals surface area contributed by atoms with Crippen molar-refractivity contribution >= 4 is 19.8 Å². The molecule has 2 unspecified atom stereocenters. The lowest BCUT2D eigenvalue weighted by molar-refractivity contribution is -0.870. The maximum absolute atomic E-state index is 12.9. The molecule has 0 aliphatic heterocycles. The van der Waals surface area contributed by atoms with Crippen LogP contribution in [0.5, 0.6) is 0 Å². The zero-order valence-electron chi connectivity index (χ0n) is 53.0. The topological polar surface area (TPSA) is 111 Å². The lowest BCUT2D eigenvalue weighted by Crippen LogP contribution is -2.37. The summed E-state index contributed by atoms with van der Waals surface area (Å²) in [6, 6.07) is 0. The van der Waals surface area contributed by atoms with Gasteiger partial charge < -0.3 is 27.9 Å². The van der Waals surface area contributed by atoms with Gasteiger partial charge in [-0.3, -0.25) is 14.2 Å². The number of ether oxygens (including phenoxy) is 2. The standard InChI is InChI=1S/C70H128NO8P/c1-6-8-10-12-14-16-18-20-22-24-26-28-30-32-33-34-35-36-37-39-41-43-45-47-49-51-53-55-57-59-61-63-70(73)79-68(67-78-80(74,75)77-65-64-71(3,4)5)66-76-69(72)62-60-58-56-54-52-50-48-46-44-42-40-38-31-29-27-25-23-21-19-17-15-13-11-9-7-2/h18-21,24-27,30-32,38,68H,6-17,22-23,28-29,33-37,39-67H2,1-5H3/b20-18-,21-19-,26-24-,27-25-,32-30-,38-31-. The third-order valence-corrected chi connectivity index (χ3v) is 15.7. The first-order chi connectivity index (χ1) is 39.0. The fourth-order valence-electron chi connectivity index (χ4n) is 9.50. The van der Waals surface area contributed by atoms with Gasteiger partial charge in [0.15, 0.2) is 6.10 Å². The highest BCUT2D eigenvalue weighted by atomic mass is 31.2. The van der Waals surface area contributed by atoms with Gasteiger partial charge in [-0.05, 0) is 89.9 Å². The Bertz CT molecular complexity index is 1580. The van der Waals surface area contributed by atoms with Crippen molar-refractivity contribution in [2.75, 3.05) is 47.5 Å². The molecule has 0 bridgehead atoms. The molecule has 0 N–H and O–H groups in total. The van der Waals surface area contributed by atoms with E-state index < -0.39 is 26.5 Å². The lowest BCUT2D eigenvalue weighted by Gasteiger charge is -2.28. The molecule has 0 aliphatic rings. The van der Waals surface area contributed by atoms with Gasteiger partial charge in [0, 0.05) is 12.8 Å². The fourth-order valence-corrected chi connectivity index (χ4v) is 10.2. The smallest absolute Gasteiger partial charge is 0.306 e. The van der Waals surface area contributed by atoms with Crippen LogP contribution < -0.4 is 4.89 Å². The maximum Gasteiger partial charge on any atom is 0.306 e. The van der Waals surface area contributed by atoms with E-state index in [9.17, 15) is 19.0 Å². The second-order valence-electron chi connectivity index (χ2n) is 23.8. The molecular weight excluding hydrogens is 1010 g/mol. The summed E-state index contributed by atoms with van der Waals surface area (Å²) in [6.07, 6.45) is 81.1. The Kier molecular flexibility index (Phi) is 59.1. The molecule has 0 fully saturated rings. The van der Waals surface area contributed by atoms with Gasteiger partial charge in [-0.15, -0.1) is 0 Å². The minimum Gasteiger partial charge on any atom is -0.756 e. The van der Waals surface area contributed by atoms with Crippen LogP contribution in [0.3, 0.4) is 0 Å². The molecule has 80 heavy (non-hydrogen) atoms. The number of allylic oxidation sites excluding steroid dienone is 12. The number of carbonyl (C=O) groups excluding carboxylic acids is 2. The van der Waals surface area contributed by atoms with Gasteiger partial charge in [0.2, 0.25) is 0 Å². The largest absolute Gasteiger partial charge is 0.756 e. The summed E-state index contributed by atoms with van der Waals surface area (Å²) < 4.78 is 34.3. The van der Waals surface area contributed by atoms with Crippen molar-refractivity contribution in [3.05, 3.63) is 72.9 Å².